The molecule has 1 aliphatic heterocycles. The van der Waals surface area contributed by atoms with Gasteiger partial charge in [-0.15, -0.1) is 5.10 Å². The van der Waals surface area contributed by atoms with Crippen molar-refractivity contribution in [1.82, 2.24) is 29.8 Å². The van der Waals surface area contributed by atoms with Gasteiger partial charge in [-0.2, -0.15) is 5.10 Å². The van der Waals surface area contributed by atoms with Gasteiger partial charge in [0, 0.05) is 39.9 Å². The summed E-state index contributed by atoms with van der Waals surface area (Å²) >= 11 is 6.40. The first-order chi connectivity index (χ1) is 23.6. The van der Waals surface area contributed by atoms with Gasteiger partial charge < -0.3 is 14.5 Å². The zero-order chi connectivity index (χ0) is 34.0. The minimum absolute atomic E-state index is 0.0201. The van der Waals surface area contributed by atoms with Crippen molar-refractivity contribution in [3.05, 3.63) is 94.4 Å². The van der Waals surface area contributed by atoms with Gasteiger partial charge in [0.1, 0.15) is 34.4 Å². The fourth-order valence-corrected chi connectivity index (χ4v) is 7.51. The molecular weight excluding hydrogens is 645 g/mol. The molecule has 1 saturated carbocycles. The quantitative estimate of drug-likeness (QED) is 0.187. The van der Waals surface area contributed by atoms with E-state index in [1.165, 1.54) is 12.1 Å². The van der Waals surface area contributed by atoms with E-state index in [-0.39, 0.29) is 29.2 Å². The predicted octanol–water partition coefficient (Wildman–Crippen LogP) is 8.88. The van der Waals surface area contributed by atoms with E-state index < -0.39 is 5.82 Å². The van der Waals surface area contributed by atoms with E-state index >= 15 is 4.39 Å². The minimum Gasteiger partial charge on any atom is -0.487 e. The molecule has 6 aromatic rings. The van der Waals surface area contributed by atoms with Crippen molar-refractivity contribution in [2.24, 2.45) is 0 Å². The van der Waals surface area contributed by atoms with Gasteiger partial charge in [0.25, 0.3) is 5.91 Å². The van der Waals surface area contributed by atoms with Crippen molar-refractivity contribution in [3.63, 3.8) is 0 Å². The highest BCUT2D eigenvalue weighted by atomic mass is 35.5. The maximum Gasteiger partial charge on any atom is 0.256 e. The van der Waals surface area contributed by atoms with Crippen LogP contribution in [0.25, 0.3) is 33.5 Å². The molecule has 2 aromatic carbocycles. The van der Waals surface area contributed by atoms with Crippen LogP contribution in [0.15, 0.2) is 65.3 Å². The molecule has 0 unspecified atom stereocenters. The summed E-state index contributed by atoms with van der Waals surface area (Å²) in [6.07, 6.45) is 8.27. The average molecular weight is 680 g/mol. The molecule has 49 heavy (non-hydrogen) atoms. The number of ether oxygens (including phenoxy) is 1. The monoisotopic (exact) mass is 679 g/mol. The first-order valence-electron chi connectivity index (χ1n) is 16.5. The first-order valence-corrected chi connectivity index (χ1v) is 16.9. The molecule has 250 valence electrons. The lowest BCUT2D eigenvalue weighted by Gasteiger charge is -2.40. The molecule has 1 amide bonds. The lowest BCUT2D eigenvalue weighted by atomic mass is 9.86. The number of rotatable bonds is 6. The summed E-state index contributed by atoms with van der Waals surface area (Å²) < 4.78 is 31.3. The Morgan fingerprint density at radius 2 is 1.88 bits per heavy atom. The highest BCUT2D eigenvalue weighted by Crippen LogP contribution is 2.49. The van der Waals surface area contributed by atoms with E-state index in [0.29, 0.717) is 44.5 Å². The summed E-state index contributed by atoms with van der Waals surface area (Å²) in [6, 6.07) is 13.6. The van der Waals surface area contributed by atoms with Crippen LogP contribution in [0.4, 0.5) is 10.1 Å². The summed E-state index contributed by atoms with van der Waals surface area (Å²) in [7, 11) is 0. The summed E-state index contributed by atoms with van der Waals surface area (Å²) in [5, 5.41) is 17.6. The summed E-state index contributed by atoms with van der Waals surface area (Å²) in [5.74, 6) is 1.38. The number of carbonyl (C=O) groups is 1. The number of anilines is 1. The molecule has 1 N–H and O–H groups in total. The van der Waals surface area contributed by atoms with Crippen molar-refractivity contribution in [2.75, 3.05) is 5.32 Å². The molecule has 1 atom stereocenters. The van der Waals surface area contributed by atoms with Crippen LogP contribution in [0.5, 0.6) is 5.75 Å². The second-order valence-electron chi connectivity index (χ2n) is 13.4. The van der Waals surface area contributed by atoms with Gasteiger partial charge in [0.15, 0.2) is 5.65 Å². The normalized spacial score (nSPS) is 16.8. The lowest BCUT2D eigenvalue weighted by Crippen LogP contribution is -2.40. The Labute approximate surface area is 287 Å². The summed E-state index contributed by atoms with van der Waals surface area (Å²) in [5.41, 5.74) is 3.99. The number of nitrogens with zero attached hydrogens (tertiary/aromatic N) is 6. The Balaban J connectivity index is 1.12. The van der Waals surface area contributed by atoms with Crippen LogP contribution in [0.1, 0.15) is 85.5 Å². The van der Waals surface area contributed by atoms with Crippen LogP contribution in [-0.2, 0) is 0 Å². The molecule has 1 aliphatic carbocycles. The Morgan fingerprint density at radius 1 is 1.06 bits per heavy atom. The third kappa shape index (κ3) is 5.55. The van der Waals surface area contributed by atoms with E-state index in [9.17, 15) is 4.79 Å². The average Bonchev–Trinajstić information content (AvgIpc) is 3.88. The predicted molar refractivity (Wildman–Crippen MR) is 184 cm³/mol. The van der Waals surface area contributed by atoms with Crippen LogP contribution in [0, 0.1) is 19.7 Å². The number of furan rings is 1. The van der Waals surface area contributed by atoms with Crippen LogP contribution in [0.3, 0.4) is 0 Å². The van der Waals surface area contributed by atoms with Crippen LogP contribution in [0.2, 0.25) is 5.02 Å². The summed E-state index contributed by atoms with van der Waals surface area (Å²) in [6.45, 7) is 7.75. The number of benzene rings is 2. The van der Waals surface area contributed by atoms with Gasteiger partial charge in [-0.1, -0.05) is 16.8 Å². The molecule has 5 heterocycles. The Morgan fingerprint density at radius 3 is 2.63 bits per heavy atom. The second-order valence-corrected chi connectivity index (χ2v) is 13.9. The Hall–Kier alpha value is -5.03. The van der Waals surface area contributed by atoms with Gasteiger partial charge in [-0.05, 0) is 102 Å². The number of amides is 1. The molecule has 12 heteroatoms. The molecule has 1 spiro atoms. The minimum atomic E-state index is -0.481. The van der Waals surface area contributed by atoms with E-state index in [0.717, 1.165) is 54.7 Å². The maximum absolute atomic E-state index is 15.4. The number of pyridine rings is 1. The number of halogens is 2. The maximum atomic E-state index is 15.4. The molecule has 0 radical (unpaired) electrons. The van der Waals surface area contributed by atoms with Crippen LogP contribution in [-0.4, -0.2) is 41.3 Å². The van der Waals surface area contributed by atoms with Gasteiger partial charge in [0.2, 0.25) is 0 Å². The standard InChI is InChI=1S/C37H35ClFN7O3/c1-20(2)46-35-29(18-40-46)26(16-31(42-35)25-13-21(3)48-22(25)4)36(47)41-24-8-9-30(39)27(15-24)32-19-45(44-43-32)33-17-37(11-5-6-12-37)49-34-10-7-23(38)14-28(33)34/h7-10,13-16,18-20,33H,5-6,11-12,17H2,1-4H3,(H,41,47)/t33-/m1/s1. The molecule has 8 rings (SSSR count). The van der Waals surface area contributed by atoms with Gasteiger partial charge in [0.05, 0.1) is 35.1 Å². The van der Waals surface area contributed by atoms with E-state index in [2.05, 4.69) is 20.7 Å². The SMILES string of the molecule is Cc1cc(-c2cc(C(=O)Nc3ccc(F)c(-c4cn([C@@H]5CC6(CCCC6)Oc6ccc(Cl)cc65)nn4)c3)c3cnn(C(C)C)c3n2)c(C)o1. The van der Waals surface area contributed by atoms with Crippen molar-refractivity contribution >= 4 is 34.2 Å². The van der Waals surface area contributed by atoms with E-state index in [1.807, 2.05) is 52.0 Å². The first kappa shape index (κ1) is 31.3. The molecular formula is C37H35ClFN7O3. The van der Waals surface area contributed by atoms with Crippen molar-refractivity contribution in [1.29, 1.82) is 0 Å². The van der Waals surface area contributed by atoms with E-state index in [4.69, 9.17) is 25.7 Å². The molecule has 0 bridgehead atoms. The number of aromatic nitrogens is 6. The molecule has 0 saturated heterocycles. The highest BCUT2D eigenvalue weighted by Gasteiger charge is 2.44. The Kier molecular flexibility index (Phi) is 7.55. The van der Waals surface area contributed by atoms with Gasteiger partial charge >= 0.3 is 0 Å². The number of carbonyl (C=O) groups excluding carboxylic acids is 1. The smallest absolute Gasteiger partial charge is 0.256 e. The molecule has 10 nitrogen and oxygen atoms in total. The highest BCUT2D eigenvalue weighted by molar-refractivity contribution is 6.30. The topological polar surface area (TPSA) is 113 Å². The molecule has 4 aromatic heterocycles. The number of hydrogen-bond acceptors (Lipinski definition) is 7. The second kappa shape index (κ2) is 11.8. The molecule has 2 aliphatic rings. The Bertz CT molecular complexity index is 2250. The van der Waals surface area contributed by atoms with E-state index in [1.54, 1.807) is 33.9 Å². The van der Waals surface area contributed by atoms with Crippen LogP contribution >= 0.6 is 11.6 Å². The zero-order valence-electron chi connectivity index (χ0n) is 27.6. The lowest BCUT2D eigenvalue weighted by molar-refractivity contribution is 0.0354. The van der Waals surface area contributed by atoms with Gasteiger partial charge in [-0.3, -0.25) is 4.79 Å². The third-order valence-corrected chi connectivity index (χ3v) is 9.92. The fraction of sp³-hybridized carbons (Fsp3) is 0.324. The number of aryl methyl sites for hydroxylation is 2. The largest absolute Gasteiger partial charge is 0.487 e. The number of fused-ring (bicyclic) bond motifs is 2. The molecule has 1 fully saturated rings. The summed E-state index contributed by atoms with van der Waals surface area (Å²) in [4.78, 5) is 18.8. The van der Waals surface area contributed by atoms with Crippen LogP contribution < -0.4 is 10.1 Å². The van der Waals surface area contributed by atoms with Crippen molar-refractivity contribution in [3.8, 4) is 28.3 Å². The number of hydrogen-bond donors (Lipinski definition) is 1. The van der Waals surface area contributed by atoms with Crippen molar-refractivity contribution in [2.45, 2.75) is 77.5 Å². The van der Waals surface area contributed by atoms with Gasteiger partial charge in [-0.25, -0.2) is 18.7 Å². The fourth-order valence-electron chi connectivity index (χ4n) is 7.33. The third-order valence-electron chi connectivity index (χ3n) is 9.68. The van der Waals surface area contributed by atoms with Crippen molar-refractivity contribution < 1.29 is 18.3 Å². The zero-order valence-corrected chi connectivity index (χ0v) is 28.4. The number of nitrogens with one attached hydrogen (secondary N) is 1.